The number of halogens is 8. The van der Waals surface area contributed by atoms with E-state index in [1.165, 1.54) is 42.5 Å². The van der Waals surface area contributed by atoms with Crippen LogP contribution in [-0.4, -0.2) is 21.4 Å². The molecule has 0 bridgehead atoms. The number of hydrogen-bond acceptors (Lipinski definition) is 3. The molecule has 0 aliphatic heterocycles. The molecule has 0 radical (unpaired) electrons. The summed E-state index contributed by atoms with van der Waals surface area (Å²) in [4.78, 5) is 29.0. The number of carbonyl (C=O) groups excluding carboxylic acids is 2. The Balaban J connectivity index is 1.71. The van der Waals surface area contributed by atoms with Crippen LogP contribution in [0.3, 0.4) is 0 Å². The van der Waals surface area contributed by atoms with E-state index in [1.54, 1.807) is 0 Å². The van der Waals surface area contributed by atoms with Gasteiger partial charge < -0.3 is 15.2 Å². The summed E-state index contributed by atoms with van der Waals surface area (Å²) in [5.41, 5.74) is -2.57. The normalized spacial score (nSPS) is 12.0. The standard InChI is InChI=1S/C24H14Cl2F6N4O2/c25-13-6-3-7-14(26)19(13)21(38)34-16-9-4-10-17-20(16)35-22(24(30,31)32)36(17)11-18(37)33-15-8-2-1-5-12(15)23(27,28)29/h1-10H,11H2,(H,33,37)(H,34,38). The van der Waals surface area contributed by atoms with E-state index < -0.39 is 47.8 Å². The molecule has 4 aromatic rings. The summed E-state index contributed by atoms with van der Waals surface area (Å²) in [5, 5.41) is 4.42. The molecule has 0 saturated carbocycles. The van der Waals surface area contributed by atoms with E-state index in [0.29, 0.717) is 4.57 Å². The van der Waals surface area contributed by atoms with Gasteiger partial charge in [-0.05, 0) is 36.4 Å². The first-order valence-electron chi connectivity index (χ1n) is 10.5. The maximum atomic E-state index is 13.9. The van der Waals surface area contributed by atoms with E-state index in [9.17, 15) is 35.9 Å². The third-order valence-corrected chi connectivity index (χ3v) is 5.91. The second-order valence-electron chi connectivity index (χ2n) is 7.83. The lowest BCUT2D eigenvalue weighted by Gasteiger charge is -2.15. The van der Waals surface area contributed by atoms with Gasteiger partial charge in [0.05, 0.1) is 38.1 Å². The highest BCUT2D eigenvalue weighted by Gasteiger charge is 2.39. The van der Waals surface area contributed by atoms with Crippen molar-refractivity contribution in [2.75, 3.05) is 10.6 Å². The Hall–Kier alpha value is -3.77. The van der Waals surface area contributed by atoms with Gasteiger partial charge in [-0.15, -0.1) is 0 Å². The second kappa shape index (κ2) is 10.2. The zero-order valence-electron chi connectivity index (χ0n) is 18.7. The number of nitrogens with zero attached hydrogens (tertiary/aromatic N) is 2. The first-order chi connectivity index (χ1) is 17.8. The average molecular weight is 575 g/mol. The fraction of sp³-hybridized carbons (Fsp3) is 0.125. The lowest BCUT2D eigenvalue weighted by atomic mass is 10.1. The van der Waals surface area contributed by atoms with Crippen molar-refractivity contribution >= 4 is 57.4 Å². The van der Waals surface area contributed by atoms with E-state index in [4.69, 9.17) is 23.2 Å². The molecule has 2 amide bonds. The number of aromatic nitrogens is 2. The number of amides is 2. The van der Waals surface area contributed by atoms with Crippen LogP contribution in [0.25, 0.3) is 11.0 Å². The molecule has 1 aromatic heterocycles. The van der Waals surface area contributed by atoms with Crippen LogP contribution in [0.4, 0.5) is 37.7 Å². The summed E-state index contributed by atoms with van der Waals surface area (Å²) >= 11 is 12.1. The maximum absolute atomic E-state index is 13.9. The molecule has 0 spiro atoms. The molecule has 0 aliphatic rings. The number of carbonyl (C=O) groups is 2. The molecule has 3 aromatic carbocycles. The third-order valence-electron chi connectivity index (χ3n) is 5.28. The highest BCUT2D eigenvalue weighted by molar-refractivity contribution is 6.40. The van der Waals surface area contributed by atoms with E-state index in [-0.39, 0.29) is 32.3 Å². The van der Waals surface area contributed by atoms with Crippen LogP contribution in [-0.2, 0) is 23.7 Å². The van der Waals surface area contributed by atoms with Crippen LogP contribution in [0.15, 0.2) is 60.7 Å². The van der Waals surface area contributed by atoms with Crippen LogP contribution < -0.4 is 10.6 Å². The molecule has 4 rings (SSSR count). The quantitative estimate of drug-likeness (QED) is 0.246. The first kappa shape index (κ1) is 27.3. The number of fused-ring (bicyclic) bond motifs is 1. The van der Waals surface area contributed by atoms with Crippen LogP contribution in [0, 0.1) is 0 Å². The predicted molar refractivity (Wildman–Crippen MR) is 129 cm³/mol. The summed E-state index contributed by atoms with van der Waals surface area (Å²) < 4.78 is 81.9. The number of benzene rings is 3. The van der Waals surface area contributed by atoms with Crippen molar-refractivity contribution in [1.29, 1.82) is 0 Å². The monoisotopic (exact) mass is 574 g/mol. The Morgan fingerprint density at radius 3 is 2.03 bits per heavy atom. The van der Waals surface area contributed by atoms with Crippen LogP contribution in [0.1, 0.15) is 21.7 Å². The molecule has 14 heteroatoms. The highest BCUT2D eigenvalue weighted by Crippen LogP contribution is 2.36. The smallest absolute Gasteiger partial charge is 0.324 e. The van der Waals surface area contributed by atoms with Gasteiger partial charge >= 0.3 is 12.4 Å². The van der Waals surface area contributed by atoms with Crippen LogP contribution in [0.2, 0.25) is 10.0 Å². The minimum atomic E-state index is -5.05. The fourth-order valence-electron chi connectivity index (χ4n) is 3.70. The van der Waals surface area contributed by atoms with Crippen molar-refractivity contribution in [3.63, 3.8) is 0 Å². The molecule has 0 unspecified atom stereocenters. The van der Waals surface area contributed by atoms with Crippen LogP contribution in [0.5, 0.6) is 0 Å². The van der Waals surface area contributed by atoms with E-state index in [0.717, 1.165) is 18.2 Å². The SMILES string of the molecule is O=C(Cn1c(C(F)(F)F)nc2c(NC(=O)c3c(Cl)cccc3Cl)cccc21)Nc1ccccc1C(F)(F)F. The van der Waals surface area contributed by atoms with Crippen molar-refractivity contribution in [1.82, 2.24) is 9.55 Å². The molecule has 0 fully saturated rings. The molecule has 6 nitrogen and oxygen atoms in total. The van der Waals surface area contributed by atoms with Gasteiger partial charge in [0.25, 0.3) is 5.91 Å². The molecular formula is C24H14Cl2F6N4O2. The summed E-state index contributed by atoms with van der Waals surface area (Å²) in [5.74, 6) is -3.48. The van der Waals surface area contributed by atoms with Crippen molar-refractivity contribution in [3.05, 3.63) is 87.7 Å². The molecule has 1 heterocycles. The number of hydrogen-bond donors (Lipinski definition) is 2. The van der Waals surface area contributed by atoms with Crippen molar-refractivity contribution in [2.45, 2.75) is 18.9 Å². The Morgan fingerprint density at radius 2 is 1.39 bits per heavy atom. The average Bonchev–Trinajstić information content (AvgIpc) is 3.18. The Morgan fingerprint density at radius 1 is 0.789 bits per heavy atom. The van der Waals surface area contributed by atoms with Gasteiger partial charge in [0.15, 0.2) is 0 Å². The van der Waals surface area contributed by atoms with Gasteiger partial charge in [-0.3, -0.25) is 9.59 Å². The van der Waals surface area contributed by atoms with Crippen molar-refractivity contribution < 1.29 is 35.9 Å². The lowest BCUT2D eigenvalue weighted by Crippen LogP contribution is -2.24. The van der Waals surface area contributed by atoms with Crippen molar-refractivity contribution in [3.8, 4) is 0 Å². The van der Waals surface area contributed by atoms with Gasteiger partial charge in [0, 0.05) is 0 Å². The van der Waals surface area contributed by atoms with E-state index in [1.807, 2.05) is 5.32 Å². The Labute approximate surface area is 220 Å². The number of imidazole rings is 1. The summed E-state index contributed by atoms with van der Waals surface area (Å²) in [6.45, 7) is -1.02. The molecule has 0 aliphatic carbocycles. The second-order valence-corrected chi connectivity index (χ2v) is 8.65. The van der Waals surface area contributed by atoms with E-state index in [2.05, 4.69) is 10.3 Å². The first-order valence-corrected chi connectivity index (χ1v) is 11.3. The number of para-hydroxylation sites is 2. The topological polar surface area (TPSA) is 76.0 Å². The zero-order valence-corrected chi connectivity index (χ0v) is 20.2. The van der Waals surface area contributed by atoms with Gasteiger partial charge in [-0.1, -0.05) is 47.5 Å². The fourth-order valence-corrected chi connectivity index (χ4v) is 4.27. The summed E-state index contributed by atoms with van der Waals surface area (Å²) in [7, 11) is 0. The van der Waals surface area contributed by atoms with Crippen molar-refractivity contribution in [2.24, 2.45) is 0 Å². The van der Waals surface area contributed by atoms with Gasteiger partial charge in [-0.25, -0.2) is 4.98 Å². The van der Waals surface area contributed by atoms with Crippen LogP contribution >= 0.6 is 23.2 Å². The van der Waals surface area contributed by atoms with Gasteiger partial charge in [0.1, 0.15) is 12.1 Å². The number of rotatable bonds is 5. The molecule has 0 saturated heterocycles. The summed E-state index contributed by atoms with van der Waals surface area (Å²) in [6, 6.07) is 12.1. The number of alkyl halides is 6. The summed E-state index contributed by atoms with van der Waals surface area (Å²) in [6.07, 6.45) is -9.85. The molecule has 0 atom stereocenters. The highest BCUT2D eigenvalue weighted by atomic mass is 35.5. The largest absolute Gasteiger partial charge is 0.449 e. The lowest BCUT2D eigenvalue weighted by molar-refractivity contribution is -0.147. The van der Waals surface area contributed by atoms with E-state index >= 15 is 0 Å². The van der Waals surface area contributed by atoms with Gasteiger partial charge in [-0.2, -0.15) is 26.3 Å². The number of anilines is 2. The molecule has 198 valence electrons. The minimum Gasteiger partial charge on any atom is -0.324 e. The Bertz CT molecular complexity index is 1530. The maximum Gasteiger partial charge on any atom is 0.449 e. The predicted octanol–water partition coefficient (Wildman–Crippen LogP) is 7.27. The Kier molecular flexibility index (Phi) is 7.31. The molecular weight excluding hydrogens is 561 g/mol. The van der Waals surface area contributed by atoms with Gasteiger partial charge in [0.2, 0.25) is 11.7 Å². The zero-order chi connectivity index (χ0) is 27.8. The number of nitrogens with one attached hydrogen (secondary N) is 2. The minimum absolute atomic E-state index is 0.000468. The third kappa shape index (κ3) is 5.55. The molecule has 38 heavy (non-hydrogen) atoms. The molecule has 2 N–H and O–H groups in total.